The lowest BCUT2D eigenvalue weighted by molar-refractivity contribution is -0.122. The Morgan fingerprint density at radius 2 is 2.13 bits per heavy atom. The molecule has 15 heavy (non-hydrogen) atoms. The molecule has 0 spiro atoms. The van der Waals surface area contributed by atoms with E-state index in [4.69, 9.17) is 4.74 Å². The number of methoxy groups -OCH3 is 1. The second-order valence-electron chi connectivity index (χ2n) is 4.61. The Bertz CT molecular complexity index is 188. The molecule has 0 bridgehead atoms. The number of hydrogen-bond acceptors (Lipinski definition) is 2. The molecule has 88 valence electrons. The Balaban J connectivity index is 2.07. The molecule has 1 unspecified atom stereocenters. The van der Waals surface area contributed by atoms with Crippen LogP contribution in [-0.4, -0.2) is 25.7 Å². The van der Waals surface area contributed by atoms with E-state index < -0.39 is 0 Å². The first-order valence-electron chi connectivity index (χ1n) is 6.00. The summed E-state index contributed by atoms with van der Waals surface area (Å²) >= 11 is 0. The number of rotatable bonds is 6. The molecular weight excluding hydrogens is 190 g/mol. The van der Waals surface area contributed by atoms with E-state index in [0.717, 1.165) is 12.3 Å². The Morgan fingerprint density at radius 3 is 2.73 bits per heavy atom. The highest BCUT2D eigenvalue weighted by atomic mass is 16.5. The van der Waals surface area contributed by atoms with Crippen LogP contribution in [0.15, 0.2) is 0 Å². The summed E-state index contributed by atoms with van der Waals surface area (Å²) in [4.78, 5) is 11.5. The topological polar surface area (TPSA) is 38.3 Å². The fraction of sp³-hybridized carbons (Fsp3) is 0.917. The lowest BCUT2D eigenvalue weighted by Gasteiger charge is -2.13. The van der Waals surface area contributed by atoms with Gasteiger partial charge in [0.25, 0.3) is 0 Å². The maximum atomic E-state index is 11.5. The van der Waals surface area contributed by atoms with Crippen molar-refractivity contribution in [2.45, 2.75) is 51.5 Å². The van der Waals surface area contributed by atoms with E-state index in [1.807, 2.05) is 6.92 Å². The smallest absolute Gasteiger partial charge is 0.220 e. The molecule has 0 aromatic carbocycles. The molecule has 0 aromatic heterocycles. The summed E-state index contributed by atoms with van der Waals surface area (Å²) in [5.74, 6) is 0.972. The molecule has 1 N–H and O–H groups in total. The molecule has 1 amide bonds. The van der Waals surface area contributed by atoms with Crippen LogP contribution in [-0.2, 0) is 9.53 Å². The molecule has 0 aliphatic heterocycles. The summed E-state index contributed by atoms with van der Waals surface area (Å²) in [5.41, 5.74) is 0. The van der Waals surface area contributed by atoms with Gasteiger partial charge in [0.05, 0.1) is 6.61 Å². The van der Waals surface area contributed by atoms with Gasteiger partial charge in [0.1, 0.15) is 0 Å². The molecule has 1 aliphatic carbocycles. The zero-order chi connectivity index (χ0) is 11.1. The van der Waals surface area contributed by atoms with Gasteiger partial charge in [0.2, 0.25) is 5.91 Å². The molecule has 0 saturated heterocycles. The largest absolute Gasteiger partial charge is 0.383 e. The van der Waals surface area contributed by atoms with E-state index in [1.165, 1.54) is 25.7 Å². The third-order valence-electron chi connectivity index (χ3n) is 3.08. The minimum absolute atomic E-state index is 0.131. The number of carbonyl (C=O) groups is 1. The molecule has 1 fully saturated rings. The predicted octanol–water partition coefficient (Wildman–Crippen LogP) is 2.11. The fourth-order valence-corrected chi connectivity index (χ4v) is 2.27. The van der Waals surface area contributed by atoms with Crippen LogP contribution in [0.25, 0.3) is 0 Å². The van der Waals surface area contributed by atoms with Crippen LogP contribution in [0.3, 0.4) is 0 Å². The van der Waals surface area contributed by atoms with Gasteiger partial charge < -0.3 is 10.1 Å². The molecule has 0 radical (unpaired) electrons. The highest BCUT2D eigenvalue weighted by Crippen LogP contribution is 2.28. The van der Waals surface area contributed by atoms with Crippen molar-refractivity contribution in [2.75, 3.05) is 13.7 Å². The van der Waals surface area contributed by atoms with E-state index in [-0.39, 0.29) is 11.9 Å². The van der Waals surface area contributed by atoms with Gasteiger partial charge in [-0.3, -0.25) is 4.79 Å². The van der Waals surface area contributed by atoms with Gasteiger partial charge in [0.15, 0.2) is 0 Å². The lowest BCUT2D eigenvalue weighted by Crippen LogP contribution is -2.35. The molecule has 1 saturated carbocycles. The van der Waals surface area contributed by atoms with Crippen molar-refractivity contribution in [2.24, 2.45) is 5.92 Å². The van der Waals surface area contributed by atoms with E-state index in [2.05, 4.69) is 5.32 Å². The quantitative estimate of drug-likeness (QED) is 0.734. The summed E-state index contributed by atoms with van der Waals surface area (Å²) in [6, 6.07) is 0.131. The van der Waals surface area contributed by atoms with E-state index in [1.54, 1.807) is 7.11 Å². The van der Waals surface area contributed by atoms with Gasteiger partial charge in [-0.2, -0.15) is 0 Å². The van der Waals surface area contributed by atoms with Crippen LogP contribution < -0.4 is 5.32 Å². The molecular formula is C12H23NO2. The number of ether oxygens (including phenoxy) is 1. The van der Waals surface area contributed by atoms with Crippen LogP contribution in [0.4, 0.5) is 0 Å². The van der Waals surface area contributed by atoms with E-state index in [0.29, 0.717) is 13.0 Å². The summed E-state index contributed by atoms with van der Waals surface area (Å²) in [5, 5.41) is 2.94. The van der Waals surface area contributed by atoms with Crippen molar-refractivity contribution in [3.8, 4) is 0 Å². The summed E-state index contributed by atoms with van der Waals surface area (Å²) in [6.07, 6.45) is 7.09. The highest BCUT2D eigenvalue weighted by Gasteiger charge is 2.16. The van der Waals surface area contributed by atoms with Gasteiger partial charge in [-0.25, -0.2) is 0 Å². The molecule has 1 rings (SSSR count). The molecule has 1 aliphatic rings. The van der Waals surface area contributed by atoms with Crippen LogP contribution in [0.1, 0.15) is 45.4 Å². The first kappa shape index (κ1) is 12.5. The van der Waals surface area contributed by atoms with Gasteiger partial charge in [0, 0.05) is 19.6 Å². The van der Waals surface area contributed by atoms with Crippen molar-refractivity contribution >= 4 is 5.91 Å². The van der Waals surface area contributed by atoms with Gasteiger partial charge in [-0.15, -0.1) is 0 Å². The third-order valence-corrected chi connectivity index (χ3v) is 3.08. The molecule has 0 heterocycles. The maximum Gasteiger partial charge on any atom is 0.220 e. The van der Waals surface area contributed by atoms with Crippen molar-refractivity contribution in [3.05, 3.63) is 0 Å². The first-order valence-corrected chi connectivity index (χ1v) is 6.00. The van der Waals surface area contributed by atoms with Crippen LogP contribution in [0, 0.1) is 5.92 Å². The first-order chi connectivity index (χ1) is 7.22. The molecule has 3 heteroatoms. The standard InChI is InChI=1S/C12H23NO2/c1-10(9-15-2)13-12(14)8-7-11-5-3-4-6-11/h10-11H,3-9H2,1-2H3,(H,13,14). The minimum Gasteiger partial charge on any atom is -0.383 e. The van der Waals surface area contributed by atoms with E-state index >= 15 is 0 Å². The van der Waals surface area contributed by atoms with Crippen molar-refractivity contribution < 1.29 is 9.53 Å². The van der Waals surface area contributed by atoms with Crippen molar-refractivity contribution in [3.63, 3.8) is 0 Å². The summed E-state index contributed by atoms with van der Waals surface area (Å²) in [6.45, 7) is 2.56. The second-order valence-corrected chi connectivity index (χ2v) is 4.61. The third kappa shape index (κ3) is 5.17. The SMILES string of the molecule is COCC(C)NC(=O)CCC1CCCC1. The maximum absolute atomic E-state index is 11.5. The van der Waals surface area contributed by atoms with Gasteiger partial charge in [-0.05, 0) is 19.3 Å². The summed E-state index contributed by atoms with van der Waals surface area (Å²) < 4.78 is 4.97. The number of carbonyl (C=O) groups excluding carboxylic acids is 1. The normalized spacial score (nSPS) is 19.1. The zero-order valence-corrected chi connectivity index (χ0v) is 9.92. The fourth-order valence-electron chi connectivity index (χ4n) is 2.27. The Labute approximate surface area is 92.6 Å². The van der Waals surface area contributed by atoms with Crippen molar-refractivity contribution in [1.29, 1.82) is 0 Å². The predicted molar refractivity (Wildman–Crippen MR) is 60.7 cm³/mol. The number of hydrogen-bond donors (Lipinski definition) is 1. The molecule has 0 aromatic rings. The zero-order valence-electron chi connectivity index (χ0n) is 9.92. The van der Waals surface area contributed by atoms with Crippen LogP contribution in [0.2, 0.25) is 0 Å². The van der Waals surface area contributed by atoms with Gasteiger partial charge in [-0.1, -0.05) is 25.7 Å². The number of amides is 1. The monoisotopic (exact) mass is 213 g/mol. The van der Waals surface area contributed by atoms with Crippen molar-refractivity contribution in [1.82, 2.24) is 5.32 Å². The molecule has 1 atom stereocenters. The average molecular weight is 213 g/mol. The van der Waals surface area contributed by atoms with Gasteiger partial charge >= 0.3 is 0 Å². The lowest BCUT2D eigenvalue weighted by atomic mass is 10.0. The Kier molecular flexibility index (Phi) is 5.69. The second kappa shape index (κ2) is 6.83. The minimum atomic E-state index is 0.131. The average Bonchev–Trinajstić information content (AvgIpc) is 2.67. The van der Waals surface area contributed by atoms with Crippen LogP contribution in [0.5, 0.6) is 0 Å². The van der Waals surface area contributed by atoms with E-state index in [9.17, 15) is 4.79 Å². The number of nitrogens with one attached hydrogen (secondary N) is 1. The highest BCUT2D eigenvalue weighted by molar-refractivity contribution is 5.76. The molecule has 3 nitrogen and oxygen atoms in total. The Hall–Kier alpha value is -0.570. The Morgan fingerprint density at radius 1 is 1.47 bits per heavy atom. The van der Waals surface area contributed by atoms with Crippen LogP contribution >= 0.6 is 0 Å². The summed E-state index contributed by atoms with van der Waals surface area (Å²) in [7, 11) is 1.65.